The van der Waals surface area contributed by atoms with Gasteiger partial charge in [-0.1, -0.05) is 6.92 Å². The number of carbonyl (C=O) groups is 1. The van der Waals surface area contributed by atoms with E-state index in [2.05, 4.69) is 0 Å². The molecule has 0 fully saturated rings. The molecule has 0 aliphatic heterocycles. The zero-order chi connectivity index (χ0) is 12.8. The Morgan fingerprint density at radius 1 is 1.41 bits per heavy atom. The number of hydrogen-bond acceptors (Lipinski definition) is 4. The van der Waals surface area contributed by atoms with Crippen LogP contribution in [-0.2, 0) is 4.74 Å². The first-order valence-electron chi connectivity index (χ1n) is 5.75. The number of esters is 1. The Hall–Kier alpha value is -1.71. The molecule has 1 aromatic carbocycles. The van der Waals surface area contributed by atoms with E-state index >= 15 is 0 Å². The molecule has 1 aromatic rings. The van der Waals surface area contributed by atoms with Crippen molar-refractivity contribution in [2.75, 3.05) is 6.61 Å². The van der Waals surface area contributed by atoms with Gasteiger partial charge in [0.25, 0.3) is 0 Å². The molecular formula is C13H18O4. The van der Waals surface area contributed by atoms with Crippen molar-refractivity contribution < 1.29 is 19.4 Å². The van der Waals surface area contributed by atoms with E-state index in [4.69, 9.17) is 9.47 Å². The van der Waals surface area contributed by atoms with Crippen molar-refractivity contribution in [3.8, 4) is 11.5 Å². The van der Waals surface area contributed by atoms with Crippen LogP contribution in [0.25, 0.3) is 0 Å². The SMILES string of the molecule is CCOc1cc(C(=O)OC(C)CC)ccc1O. The largest absolute Gasteiger partial charge is 0.504 e. The zero-order valence-electron chi connectivity index (χ0n) is 10.4. The third-order valence-electron chi connectivity index (χ3n) is 2.38. The van der Waals surface area contributed by atoms with Gasteiger partial charge in [-0.3, -0.25) is 0 Å². The van der Waals surface area contributed by atoms with Gasteiger partial charge in [-0.05, 0) is 38.5 Å². The van der Waals surface area contributed by atoms with Gasteiger partial charge in [0.05, 0.1) is 18.3 Å². The maximum Gasteiger partial charge on any atom is 0.338 e. The molecule has 0 saturated carbocycles. The summed E-state index contributed by atoms with van der Waals surface area (Å²) < 4.78 is 10.4. The minimum atomic E-state index is -0.402. The molecule has 0 radical (unpaired) electrons. The first kappa shape index (κ1) is 13.4. The molecular weight excluding hydrogens is 220 g/mol. The Bertz CT molecular complexity index is 387. The molecule has 4 nitrogen and oxygen atoms in total. The standard InChI is InChI=1S/C13H18O4/c1-4-9(3)17-13(15)10-6-7-11(14)12(8-10)16-5-2/h6-9,14H,4-5H2,1-3H3. The molecule has 0 bridgehead atoms. The number of rotatable bonds is 5. The van der Waals surface area contributed by atoms with E-state index in [0.29, 0.717) is 17.9 Å². The molecule has 0 saturated heterocycles. The summed E-state index contributed by atoms with van der Waals surface area (Å²) in [5, 5.41) is 9.50. The molecule has 0 aliphatic carbocycles. The smallest absolute Gasteiger partial charge is 0.338 e. The third-order valence-corrected chi connectivity index (χ3v) is 2.38. The summed E-state index contributed by atoms with van der Waals surface area (Å²) in [5.41, 5.74) is 0.381. The highest BCUT2D eigenvalue weighted by Crippen LogP contribution is 2.27. The van der Waals surface area contributed by atoms with E-state index in [9.17, 15) is 9.90 Å². The van der Waals surface area contributed by atoms with E-state index in [1.54, 1.807) is 0 Å². The Labute approximate surface area is 101 Å². The highest BCUT2D eigenvalue weighted by Gasteiger charge is 2.13. The van der Waals surface area contributed by atoms with E-state index in [1.165, 1.54) is 18.2 Å². The van der Waals surface area contributed by atoms with Crippen LogP contribution in [0.2, 0.25) is 0 Å². The molecule has 17 heavy (non-hydrogen) atoms. The quantitative estimate of drug-likeness (QED) is 0.801. The maximum absolute atomic E-state index is 11.7. The van der Waals surface area contributed by atoms with Crippen molar-refractivity contribution >= 4 is 5.97 Å². The number of aromatic hydroxyl groups is 1. The molecule has 0 amide bonds. The maximum atomic E-state index is 11.7. The summed E-state index contributed by atoms with van der Waals surface area (Å²) >= 11 is 0. The highest BCUT2D eigenvalue weighted by molar-refractivity contribution is 5.90. The first-order chi connectivity index (χ1) is 8.08. The van der Waals surface area contributed by atoms with Gasteiger partial charge in [0.15, 0.2) is 11.5 Å². The summed E-state index contributed by atoms with van der Waals surface area (Å²) in [7, 11) is 0. The fourth-order valence-electron chi connectivity index (χ4n) is 1.25. The van der Waals surface area contributed by atoms with Crippen LogP contribution in [0.1, 0.15) is 37.6 Å². The summed E-state index contributed by atoms with van der Waals surface area (Å²) in [6, 6.07) is 4.43. The van der Waals surface area contributed by atoms with Crippen LogP contribution < -0.4 is 4.74 Å². The molecule has 1 rings (SSSR count). The van der Waals surface area contributed by atoms with Gasteiger partial charge in [-0.15, -0.1) is 0 Å². The molecule has 0 heterocycles. The number of ether oxygens (including phenoxy) is 2. The summed E-state index contributed by atoms with van der Waals surface area (Å²) in [6.07, 6.45) is 0.647. The first-order valence-corrected chi connectivity index (χ1v) is 5.75. The lowest BCUT2D eigenvalue weighted by molar-refractivity contribution is 0.0334. The topological polar surface area (TPSA) is 55.8 Å². The van der Waals surface area contributed by atoms with Crippen molar-refractivity contribution in [3.05, 3.63) is 23.8 Å². The minimum absolute atomic E-state index is 0.0203. The normalized spacial score (nSPS) is 11.9. The van der Waals surface area contributed by atoms with E-state index in [1.807, 2.05) is 20.8 Å². The molecule has 0 aliphatic rings. The van der Waals surface area contributed by atoms with Crippen LogP contribution in [-0.4, -0.2) is 23.8 Å². The summed E-state index contributed by atoms with van der Waals surface area (Å²) in [5.74, 6) is -0.0849. The van der Waals surface area contributed by atoms with E-state index in [-0.39, 0.29) is 11.9 Å². The summed E-state index contributed by atoms with van der Waals surface area (Å²) in [4.78, 5) is 11.7. The lowest BCUT2D eigenvalue weighted by atomic mass is 10.2. The van der Waals surface area contributed by atoms with Crippen LogP contribution >= 0.6 is 0 Å². The Kier molecular flexibility index (Phi) is 4.82. The van der Waals surface area contributed by atoms with Crippen molar-refractivity contribution in [2.24, 2.45) is 0 Å². The van der Waals surface area contributed by atoms with Gasteiger partial charge < -0.3 is 14.6 Å². The molecule has 1 atom stereocenters. The minimum Gasteiger partial charge on any atom is -0.504 e. The molecule has 1 N–H and O–H groups in total. The van der Waals surface area contributed by atoms with Crippen LogP contribution in [0.5, 0.6) is 11.5 Å². The fourth-order valence-corrected chi connectivity index (χ4v) is 1.25. The lowest BCUT2D eigenvalue weighted by Crippen LogP contribution is -2.14. The number of carbonyl (C=O) groups excluding carboxylic acids is 1. The van der Waals surface area contributed by atoms with Crippen molar-refractivity contribution in [1.29, 1.82) is 0 Å². The Morgan fingerprint density at radius 3 is 2.71 bits per heavy atom. The predicted octanol–water partition coefficient (Wildman–Crippen LogP) is 2.75. The van der Waals surface area contributed by atoms with Gasteiger partial charge in [0.2, 0.25) is 0 Å². The van der Waals surface area contributed by atoms with Crippen molar-refractivity contribution in [2.45, 2.75) is 33.3 Å². The van der Waals surface area contributed by atoms with Gasteiger partial charge in [-0.25, -0.2) is 4.79 Å². The van der Waals surface area contributed by atoms with Crippen LogP contribution in [0.3, 0.4) is 0 Å². The summed E-state index contributed by atoms with van der Waals surface area (Å²) in [6.45, 7) is 6.02. The second-order valence-corrected chi connectivity index (χ2v) is 3.74. The van der Waals surface area contributed by atoms with Gasteiger partial charge in [-0.2, -0.15) is 0 Å². The van der Waals surface area contributed by atoms with Gasteiger partial charge >= 0.3 is 5.97 Å². The van der Waals surface area contributed by atoms with Gasteiger partial charge in [0, 0.05) is 0 Å². The lowest BCUT2D eigenvalue weighted by Gasteiger charge is -2.12. The average molecular weight is 238 g/mol. The van der Waals surface area contributed by atoms with Crippen molar-refractivity contribution in [1.82, 2.24) is 0 Å². The molecule has 94 valence electrons. The monoisotopic (exact) mass is 238 g/mol. The van der Waals surface area contributed by atoms with Crippen LogP contribution in [0.15, 0.2) is 18.2 Å². The molecule has 0 aromatic heterocycles. The predicted molar refractivity (Wildman–Crippen MR) is 64.4 cm³/mol. The Balaban J connectivity index is 2.84. The second-order valence-electron chi connectivity index (χ2n) is 3.74. The number of phenols is 1. The average Bonchev–Trinajstić information content (AvgIpc) is 2.32. The Morgan fingerprint density at radius 2 is 2.12 bits per heavy atom. The van der Waals surface area contributed by atoms with Crippen LogP contribution in [0, 0.1) is 0 Å². The number of benzene rings is 1. The third kappa shape index (κ3) is 3.66. The molecule has 4 heteroatoms. The van der Waals surface area contributed by atoms with Crippen LogP contribution in [0.4, 0.5) is 0 Å². The number of phenolic OH excluding ortho intramolecular Hbond substituents is 1. The fraction of sp³-hybridized carbons (Fsp3) is 0.462. The van der Waals surface area contributed by atoms with Gasteiger partial charge in [0.1, 0.15) is 0 Å². The zero-order valence-corrected chi connectivity index (χ0v) is 10.4. The molecule has 0 spiro atoms. The van der Waals surface area contributed by atoms with E-state index < -0.39 is 5.97 Å². The van der Waals surface area contributed by atoms with E-state index in [0.717, 1.165) is 6.42 Å². The highest BCUT2D eigenvalue weighted by atomic mass is 16.5. The molecule has 1 unspecified atom stereocenters. The number of hydrogen-bond donors (Lipinski definition) is 1. The second kappa shape index (κ2) is 6.13. The van der Waals surface area contributed by atoms with Crippen molar-refractivity contribution in [3.63, 3.8) is 0 Å².